The Balaban J connectivity index is 2.67. The number of anilines is 1. The highest BCUT2D eigenvalue weighted by atomic mass is 16.5. The minimum absolute atomic E-state index is 0.512. The molecule has 1 aromatic heterocycles. The van der Waals surface area contributed by atoms with Crippen molar-refractivity contribution in [2.24, 2.45) is 7.05 Å². The molecule has 1 heterocycles. The SMILES string of the molecule is COc1ccccc1-c1c(C)nc(N)n1C. The lowest BCUT2D eigenvalue weighted by Crippen LogP contribution is -1.99. The van der Waals surface area contributed by atoms with Crippen LogP contribution in [0, 0.1) is 6.92 Å². The van der Waals surface area contributed by atoms with Crippen LogP contribution in [0.2, 0.25) is 0 Å². The summed E-state index contributed by atoms with van der Waals surface area (Å²) in [5, 5.41) is 0. The summed E-state index contributed by atoms with van der Waals surface area (Å²) in [6.07, 6.45) is 0. The molecular weight excluding hydrogens is 202 g/mol. The minimum atomic E-state index is 0.512. The fraction of sp³-hybridized carbons (Fsp3) is 0.250. The van der Waals surface area contributed by atoms with Gasteiger partial charge in [0.15, 0.2) is 0 Å². The van der Waals surface area contributed by atoms with E-state index in [0.717, 1.165) is 22.7 Å². The minimum Gasteiger partial charge on any atom is -0.496 e. The smallest absolute Gasteiger partial charge is 0.200 e. The fourth-order valence-electron chi connectivity index (χ4n) is 1.87. The van der Waals surface area contributed by atoms with Gasteiger partial charge < -0.3 is 15.0 Å². The van der Waals surface area contributed by atoms with Crippen LogP contribution in [0.15, 0.2) is 24.3 Å². The first-order valence-electron chi connectivity index (χ1n) is 5.07. The number of nitrogens with two attached hydrogens (primary N) is 1. The van der Waals surface area contributed by atoms with Crippen molar-refractivity contribution >= 4 is 5.95 Å². The van der Waals surface area contributed by atoms with Crippen LogP contribution in [0.3, 0.4) is 0 Å². The number of hydrogen-bond acceptors (Lipinski definition) is 3. The first-order chi connectivity index (χ1) is 7.65. The summed E-state index contributed by atoms with van der Waals surface area (Å²) in [6.45, 7) is 1.94. The van der Waals surface area contributed by atoms with Crippen molar-refractivity contribution in [3.05, 3.63) is 30.0 Å². The molecule has 0 radical (unpaired) electrons. The Morgan fingerprint density at radius 3 is 2.56 bits per heavy atom. The summed E-state index contributed by atoms with van der Waals surface area (Å²) in [5.41, 5.74) is 8.69. The van der Waals surface area contributed by atoms with Crippen molar-refractivity contribution in [3.63, 3.8) is 0 Å². The van der Waals surface area contributed by atoms with Gasteiger partial charge in [0.2, 0.25) is 5.95 Å². The van der Waals surface area contributed by atoms with Crippen LogP contribution >= 0.6 is 0 Å². The quantitative estimate of drug-likeness (QED) is 0.836. The van der Waals surface area contributed by atoms with Gasteiger partial charge in [-0.1, -0.05) is 12.1 Å². The van der Waals surface area contributed by atoms with Gasteiger partial charge in [-0.25, -0.2) is 4.98 Å². The summed E-state index contributed by atoms with van der Waals surface area (Å²) >= 11 is 0. The van der Waals surface area contributed by atoms with Crippen LogP contribution in [0.25, 0.3) is 11.3 Å². The van der Waals surface area contributed by atoms with Gasteiger partial charge in [-0.3, -0.25) is 0 Å². The number of hydrogen-bond donors (Lipinski definition) is 1. The Bertz CT molecular complexity index is 517. The zero-order valence-corrected chi connectivity index (χ0v) is 9.69. The van der Waals surface area contributed by atoms with Crippen molar-refractivity contribution in [3.8, 4) is 17.0 Å². The molecule has 0 amide bonds. The van der Waals surface area contributed by atoms with Crippen LogP contribution in [0.4, 0.5) is 5.95 Å². The molecule has 0 spiro atoms. The molecule has 0 saturated heterocycles. The van der Waals surface area contributed by atoms with Crippen LogP contribution in [0.5, 0.6) is 5.75 Å². The molecule has 0 bridgehead atoms. The Morgan fingerprint density at radius 1 is 1.31 bits per heavy atom. The third kappa shape index (κ3) is 1.52. The molecule has 16 heavy (non-hydrogen) atoms. The lowest BCUT2D eigenvalue weighted by molar-refractivity contribution is 0.416. The maximum Gasteiger partial charge on any atom is 0.200 e. The van der Waals surface area contributed by atoms with E-state index in [1.54, 1.807) is 7.11 Å². The molecule has 0 unspecified atom stereocenters. The second kappa shape index (κ2) is 3.89. The van der Waals surface area contributed by atoms with Gasteiger partial charge in [-0.15, -0.1) is 0 Å². The molecule has 2 N–H and O–H groups in total. The summed E-state index contributed by atoms with van der Waals surface area (Å²) in [6, 6.07) is 7.85. The van der Waals surface area contributed by atoms with Crippen molar-refractivity contribution in [1.29, 1.82) is 0 Å². The molecule has 0 saturated carbocycles. The average molecular weight is 217 g/mol. The number of methoxy groups -OCH3 is 1. The maximum atomic E-state index is 5.78. The maximum absolute atomic E-state index is 5.78. The summed E-state index contributed by atoms with van der Waals surface area (Å²) in [5.74, 6) is 1.34. The molecule has 0 aliphatic rings. The number of aryl methyl sites for hydroxylation is 1. The highest BCUT2D eigenvalue weighted by Crippen LogP contribution is 2.32. The highest BCUT2D eigenvalue weighted by molar-refractivity contribution is 5.71. The number of benzene rings is 1. The summed E-state index contributed by atoms with van der Waals surface area (Å²) in [4.78, 5) is 4.25. The van der Waals surface area contributed by atoms with E-state index < -0.39 is 0 Å². The van der Waals surface area contributed by atoms with Crippen molar-refractivity contribution in [2.75, 3.05) is 12.8 Å². The molecule has 0 fully saturated rings. The number of para-hydroxylation sites is 1. The normalized spacial score (nSPS) is 10.4. The molecule has 4 nitrogen and oxygen atoms in total. The van der Waals surface area contributed by atoms with Gasteiger partial charge in [0.25, 0.3) is 0 Å². The first-order valence-corrected chi connectivity index (χ1v) is 5.07. The molecule has 84 valence electrons. The number of imidazole rings is 1. The third-order valence-electron chi connectivity index (χ3n) is 2.67. The molecule has 4 heteroatoms. The zero-order chi connectivity index (χ0) is 11.7. The predicted molar refractivity (Wildman–Crippen MR) is 64.3 cm³/mol. The Hall–Kier alpha value is -1.97. The molecule has 0 atom stereocenters. The number of aromatic nitrogens is 2. The van der Waals surface area contributed by atoms with E-state index in [1.807, 2.05) is 42.8 Å². The van der Waals surface area contributed by atoms with Crippen molar-refractivity contribution < 1.29 is 4.74 Å². The Kier molecular flexibility index (Phi) is 2.56. The van der Waals surface area contributed by atoms with E-state index in [2.05, 4.69) is 4.98 Å². The van der Waals surface area contributed by atoms with Crippen molar-refractivity contribution in [2.45, 2.75) is 6.92 Å². The van der Waals surface area contributed by atoms with Crippen LogP contribution in [0.1, 0.15) is 5.69 Å². The van der Waals surface area contributed by atoms with E-state index in [-0.39, 0.29) is 0 Å². The van der Waals surface area contributed by atoms with Crippen molar-refractivity contribution in [1.82, 2.24) is 9.55 Å². The van der Waals surface area contributed by atoms with E-state index in [1.165, 1.54) is 0 Å². The topological polar surface area (TPSA) is 53.1 Å². The second-order valence-electron chi connectivity index (χ2n) is 3.66. The largest absolute Gasteiger partial charge is 0.496 e. The van der Waals surface area contributed by atoms with Gasteiger partial charge >= 0.3 is 0 Å². The van der Waals surface area contributed by atoms with Crippen LogP contribution in [-0.2, 0) is 7.05 Å². The van der Waals surface area contributed by atoms with E-state index >= 15 is 0 Å². The Labute approximate surface area is 94.7 Å². The van der Waals surface area contributed by atoms with E-state index in [4.69, 9.17) is 10.5 Å². The molecule has 0 aliphatic heterocycles. The lowest BCUT2D eigenvalue weighted by atomic mass is 10.1. The second-order valence-corrected chi connectivity index (χ2v) is 3.66. The van der Waals surface area contributed by atoms with Gasteiger partial charge in [0.1, 0.15) is 5.75 Å². The van der Waals surface area contributed by atoms with Gasteiger partial charge in [-0.05, 0) is 19.1 Å². The van der Waals surface area contributed by atoms with Gasteiger partial charge in [0, 0.05) is 12.6 Å². The van der Waals surface area contributed by atoms with Crippen LogP contribution < -0.4 is 10.5 Å². The number of ether oxygens (including phenoxy) is 1. The average Bonchev–Trinajstić information content (AvgIpc) is 2.53. The number of nitrogen functional groups attached to an aromatic ring is 1. The lowest BCUT2D eigenvalue weighted by Gasteiger charge is -2.09. The molecule has 2 rings (SSSR count). The van der Waals surface area contributed by atoms with E-state index in [0.29, 0.717) is 5.95 Å². The standard InChI is InChI=1S/C12H15N3O/c1-8-11(15(2)12(13)14-8)9-6-4-5-7-10(9)16-3/h4-7H,1-3H3,(H2,13,14). The molecule has 2 aromatic rings. The Morgan fingerprint density at radius 2 is 2.00 bits per heavy atom. The number of rotatable bonds is 2. The zero-order valence-electron chi connectivity index (χ0n) is 9.69. The summed E-state index contributed by atoms with van der Waals surface area (Å²) in [7, 11) is 3.56. The molecular formula is C12H15N3O. The highest BCUT2D eigenvalue weighted by Gasteiger charge is 2.14. The van der Waals surface area contributed by atoms with Gasteiger partial charge in [0.05, 0.1) is 18.5 Å². The third-order valence-corrected chi connectivity index (χ3v) is 2.67. The fourth-order valence-corrected chi connectivity index (χ4v) is 1.87. The molecule has 0 aliphatic carbocycles. The van der Waals surface area contributed by atoms with Crippen LogP contribution in [-0.4, -0.2) is 16.7 Å². The molecule has 1 aromatic carbocycles. The predicted octanol–water partition coefficient (Wildman–Crippen LogP) is 1.99. The monoisotopic (exact) mass is 217 g/mol. The van der Waals surface area contributed by atoms with Gasteiger partial charge in [-0.2, -0.15) is 0 Å². The first kappa shape index (κ1) is 10.5. The number of nitrogens with zero attached hydrogens (tertiary/aromatic N) is 2. The summed E-state index contributed by atoms with van der Waals surface area (Å²) < 4.78 is 7.21. The van der Waals surface area contributed by atoms with E-state index in [9.17, 15) is 0 Å².